The average Bonchev–Trinajstić information content (AvgIpc) is 3.42. The molecular weight excluding hydrogens is 422 g/mol. The van der Waals surface area contributed by atoms with Gasteiger partial charge in [-0.2, -0.15) is 0 Å². The molecule has 3 heterocycles. The van der Waals surface area contributed by atoms with Crippen LogP contribution in [0.15, 0.2) is 61.1 Å². The molecule has 5 rings (SSSR count). The lowest BCUT2D eigenvalue weighted by atomic mass is 10.2. The van der Waals surface area contributed by atoms with Crippen molar-refractivity contribution < 1.29 is 19.7 Å². The predicted octanol–water partition coefficient (Wildman–Crippen LogP) is 4.55. The van der Waals surface area contributed by atoms with Gasteiger partial charge >= 0.3 is 0 Å². The summed E-state index contributed by atoms with van der Waals surface area (Å²) in [6.07, 6.45) is 3.99. The van der Waals surface area contributed by atoms with E-state index in [-0.39, 0.29) is 11.8 Å². The van der Waals surface area contributed by atoms with Gasteiger partial charge in [-0.3, -0.25) is 4.57 Å². The Bertz CT molecular complexity index is 1410. The lowest BCUT2D eigenvalue weighted by molar-refractivity contribution is 0.275. The van der Waals surface area contributed by atoms with Crippen LogP contribution in [-0.2, 0) is 6.54 Å². The van der Waals surface area contributed by atoms with Crippen LogP contribution in [0.2, 0.25) is 0 Å². The number of nitrogens with one attached hydrogen (secondary N) is 2. The van der Waals surface area contributed by atoms with Crippen LogP contribution in [0.1, 0.15) is 6.42 Å². The van der Waals surface area contributed by atoms with Crippen LogP contribution < -0.4 is 14.8 Å². The first kappa shape index (κ1) is 20.5. The molecule has 0 aliphatic heterocycles. The first-order valence-electron chi connectivity index (χ1n) is 10.5. The molecule has 2 aromatic carbocycles. The van der Waals surface area contributed by atoms with Gasteiger partial charge in [0.2, 0.25) is 0 Å². The minimum atomic E-state index is 0.0168. The lowest BCUT2D eigenvalue weighted by Crippen LogP contribution is -2.05. The second-order valence-electron chi connectivity index (χ2n) is 7.55. The molecule has 0 atom stereocenters. The molecule has 0 fully saturated rings. The van der Waals surface area contributed by atoms with Gasteiger partial charge in [-0.15, -0.1) is 0 Å². The fourth-order valence-electron chi connectivity index (χ4n) is 3.78. The van der Waals surface area contributed by atoms with Gasteiger partial charge in [-0.25, -0.2) is 9.97 Å². The molecule has 9 nitrogen and oxygen atoms in total. The van der Waals surface area contributed by atoms with Gasteiger partial charge in [-0.1, -0.05) is 0 Å². The van der Waals surface area contributed by atoms with E-state index in [0.717, 1.165) is 22.0 Å². The van der Waals surface area contributed by atoms with E-state index in [1.165, 1.54) is 23.0 Å². The molecule has 9 heteroatoms. The third-order valence-electron chi connectivity index (χ3n) is 5.45. The second kappa shape index (κ2) is 8.62. The maximum absolute atomic E-state index is 9.74. The molecule has 5 aromatic rings. The van der Waals surface area contributed by atoms with E-state index in [0.29, 0.717) is 42.4 Å². The quantitative estimate of drug-likeness (QED) is 0.259. The second-order valence-corrected chi connectivity index (χ2v) is 7.55. The molecule has 168 valence electrons. The van der Waals surface area contributed by atoms with Gasteiger partial charge in [0.25, 0.3) is 0 Å². The van der Waals surface area contributed by atoms with E-state index in [1.807, 2.05) is 36.5 Å². The van der Waals surface area contributed by atoms with Crippen molar-refractivity contribution in [1.29, 1.82) is 0 Å². The number of anilines is 2. The number of H-pyrrole nitrogens is 1. The van der Waals surface area contributed by atoms with Gasteiger partial charge in [0.1, 0.15) is 12.1 Å². The topological polar surface area (TPSA) is 117 Å². The zero-order valence-electron chi connectivity index (χ0n) is 17.9. The number of hydrogen-bond acceptors (Lipinski definition) is 7. The third-order valence-corrected chi connectivity index (χ3v) is 5.45. The van der Waals surface area contributed by atoms with Gasteiger partial charge < -0.3 is 30.0 Å². The van der Waals surface area contributed by atoms with E-state index in [9.17, 15) is 10.2 Å². The number of fused-ring (bicyclic) bond motifs is 2. The molecule has 0 aliphatic rings. The van der Waals surface area contributed by atoms with E-state index >= 15 is 0 Å². The Morgan fingerprint density at radius 1 is 1.00 bits per heavy atom. The molecule has 0 saturated heterocycles. The Morgan fingerprint density at radius 2 is 1.85 bits per heavy atom. The maximum Gasteiger partial charge on any atom is 0.193 e. The molecule has 0 saturated carbocycles. The molecule has 0 aliphatic carbocycles. The average molecular weight is 445 g/mol. The molecule has 0 amide bonds. The largest absolute Gasteiger partial charge is 0.494 e. The van der Waals surface area contributed by atoms with Crippen LogP contribution in [0.3, 0.4) is 0 Å². The van der Waals surface area contributed by atoms with Crippen molar-refractivity contribution in [2.75, 3.05) is 19.0 Å². The molecule has 33 heavy (non-hydrogen) atoms. The summed E-state index contributed by atoms with van der Waals surface area (Å²) in [6.45, 7) is 0.786. The van der Waals surface area contributed by atoms with E-state index < -0.39 is 0 Å². The number of aromatic nitrogens is 4. The van der Waals surface area contributed by atoms with E-state index in [1.54, 1.807) is 7.11 Å². The number of benzene rings is 2. The SMILES string of the molecule is COc1cc2c(Nc3ccc4[nH]ccc4c3)ncnc2cc1OCCCn1c(O)ccc1O. The zero-order valence-corrected chi connectivity index (χ0v) is 17.9. The van der Waals surface area contributed by atoms with Crippen molar-refractivity contribution in [1.82, 2.24) is 19.5 Å². The Kier molecular flexibility index (Phi) is 5.35. The van der Waals surface area contributed by atoms with Crippen molar-refractivity contribution in [3.8, 4) is 23.3 Å². The van der Waals surface area contributed by atoms with Gasteiger partial charge in [0.05, 0.1) is 19.2 Å². The molecule has 0 radical (unpaired) electrons. The van der Waals surface area contributed by atoms with E-state index in [4.69, 9.17) is 9.47 Å². The number of nitrogens with zero attached hydrogens (tertiary/aromatic N) is 3. The highest BCUT2D eigenvalue weighted by Crippen LogP contribution is 2.35. The fraction of sp³-hybridized carbons (Fsp3) is 0.167. The summed E-state index contributed by atoms with van der Waals surface area (Å²) >= 11 is 0. The number of ether oxygens (including phenoxy) is 2. The predicted molar refractivity (Wildman–Crippen MR) is 126 cm³/mol. The molecular formula is C24H23N5O4. The van der Waals surface area contributed by atoms with Crippen LogP contribution in [0.5, 0.6) is 23.3 Å². The summed E-state index contributed by atoms with van der Waals surface area (Å²) in [7, 11) is 1.58. The Hall–Kier alpha value is -4.40. The summed E-state index contributed by atoms with van der Waals surface area (Å²) in [5, 5.41) is 24.8. The van der Waals surface area contributed by atoms with Crippen LogP contribution in [0, 0.1) is 0 Å². The Balaban J connectivity index is 1.35. The highest BCUT2D eigenvalue weighted by Gasteiger charge is 2.13. The first-order valence-corrected chi connectivity index (χ1v) is 10.5. The number of aromatic amines is 1. The van der Waals surface area contributed by atoms with Crippen LogP contribution >= 0.6 is 0 Å². The van der Waals surface area contributed by atoms with Crippen LogP contribution in [-0.4, -0.2) is 43.4 Å². The molecule has 3 aromatic heterocycles. The van der Waals surface area contributed by atoms with Gasteiger partial charge in [-0.05, 0) is 36.8 Å². The first-order chi connectivity index (χ1) is 16.1. The minimum absolute atomic E-state index is 0.0168. The Morgan fingerprint density at radius 3 is 2.67 bits per heavy atom. The summed E-state index contributed by atoms with van der Waals surface area (Å²) in [4.78, 5) is 12.0. The zero-order chi connectivity index (χ0) is 22.8. The summed E-state index contributed by atoms with van der Waals surface area (Å²) < 4.78 is 12.9. The van der Waals surface area contributed by atoms with Crippen molar-refractivity contribution >= 4 is 33.3 Å². The number of methoxy groups -OCH3 is 1. The van der Waals surface area contributed by atoms with E-state index in [2.05, 4.69) is 26.3 Å². The Labute approximate surface area is 189 Å². The van der Waals surface area contributed by atoms with Gasteiger partial charge in [0, 0.05) is 52.9 Å². The number of rotatable bonds is 8. The van der Waals surface area contributed by atoms with Gasteiger partial charge in [0.15, 0.2) is 23.3 Å². The minimum Gasteiger partial charge on any atom is -0.494 e. The third kappa shape index (κ3) is 4.08. The van der Waals surface area contributed by atoms with Crippen molar-refractivity contribution in [3.63, 3.8) is 0 Å². The number of aromatic hydroxyl groups is 2. The lowest BCUT2D eigenvalue weighted by Gasteiger charge is -2.14. The van der Waals surface area contributed by atoms with Crippen molar-refractivity contribution in [3.05, 3.63) is 61.1 Å². The summed E-state index contributed by atoms with van der Waals surface area (Å²) in [5.74, 6) is 1.82. The highest BCUT2D eigenvalue weighted by molar-refractivity contribution is 5.94. The molecule has 0 bridgehead atoms. The molecule has 0 spiro atoms. The molecule has 0 unspecified atom stereocenters. The smallest absolute Gasteiger partial charge is 0.193 e. The maximum atomic E-state index is 9.74. The monoisotopic (exact) mass is 445 g/mol. The van der Waals surface area contributed by atoms with Crippen LogP contribution in [0.4, 0.5) is 11.5 Å². The fourth-order valence-corrected chi connectivity index (χ4v) is 3.78. The normalized spacial score (nSPS) is 11.2. The summed E-state index contributed by atoms with van der Waals surface area (Å²) in [5.41, 5.74) is 2.70. The summed E-state index contributed by atoms with van der Waals surface area (Å²) in [6, 6.07) is 14.6. The highest BCUT2D eigenvalue weighted by atomic mass is 16.5. The van der Waals surface area contributed by atoms with Crippen molar-refractivity contribution in [2.45, 2.75) is 13.0 Å². The molecule has 4 N–H and O–H groups in total. The standard InChI is InChI=1S/C24H23N5O4/c1-32-20-12-17-19(13-21(20)33-10-2-9-29-22(30)5-6-23(29)31)26-14-27-24(17)28-16-3-4-18-15(11-16)7-8-25-18/h3-8,11-14,25,30-31H,2,9-10H2,1H3,(H,26,27,28). The number of hydrogen-bond donors (Lipinski definition) is 4. The van der Waals surface area contributed by atoms with Crippen molar-refractivity contribution in [2.24, 2.45) is 0 Å². The van der Waals surface area contributed by atoms with Crippen LogP contribution in [0.25, 0.3) is 21.8 Å².